The third-order valence-electron chi connectivity index (χ3n) is 3.71. The standard InChI is InChI=1S/C20H28BrFO4/c1-15(2)14-25-19(23)9-7-5-3-4-6-8-10-20(24)26-18-12-11-16(22)13-17(18)21/h11-13,15H,3-10,14H2,1-2H3. The van der Waals surface area contributed by atoms with Gasteiger partial charge in [-0.15, -0.1) is 0 Å². The van der Waals surface area contributed by atoms with Crippen molar-refractivity contribution in [2.75, 3.05) is 6.61 Å². The van der Waals surface area contributed by atoms with Crippen LogP contribution >= 0.6 is 15.9 Å². The van der Waals surface area contributed by atoms with Gasteiger partial charge in [0.25, 0.3) is 0 Å². The average Bonchev–Trinajstić information content (AvgIpc) is 2.58. The second-order valence-corrected chi connectivity index (χ2v) is 7.60. The van der Waals surface area contributed by atoms with Gasteiger partial charge < -0.3 is 9.47 Å². The second-order valence-electron chi connectivity index (χ2n) is 6.75. The number of hydrogen-bond acceptors (Lipinski definition) is 4. The van der Waals surface area contributed by atoms with Crippen molar-refractivity contribution < 1.29 is 23.5 Å². The monoisotopic (exact) mass is 430 g/mol. The lowest BCUT2D eigenvalue weighted by Gasteiger charge is -2.07. The molecule has 0 bridgehead atoms. The number of carbonyl (C=O) groups is 2. The molecule has 0 amide bonds. The predicted octanol–water partition coefficient (Wildman–Crippen LogP) is 5.81. The van der Waals surface area contributed by atoms with Gasteiger partial charge in [-0.05, 0) is 52.9 Å². The number of ether oxygens (including phenoxy) is 2. The van der Waals surface area contributed by atoms with Gasteiger partial charge in [-0.1, -0.05) is 39.5 Å². The van der Waals surface area contributed by atoms with Crippen LogP contribution in [-0.2, 0) is 14.3 Å². The number of benzene rings is 1. The smallest absolute Gasteiger partial charge is 0.311 e. The molecule has 0 spiro atoms. The van der Waals surface area contributed by atoms with Crippen LogP contribution in [0.4, 0.5) is 4.39 Å². The molecule has 0 aliphatic heterocycles. The minimum absolute atomic E-state index is 0.117. The summed E-state index contributed by atoms with van der Waals surface area (Å²) in [6.07, 6.45) is 6.41. The summed E-state index contributed by atoms with van der Waals surface area (Å²) in [5.41, 5.74) is 0. The van der Waals surface area contributed by atoms with E-state index in [0.29, 0.717) is 35.6 Å². The zero-order valence-corrected chi connectivity index (χ0v) is 17.1. The van der Waals surface area contributed by atoms with E-state index >= 15 is 0 Å². The van der Waals surface area contributed by atoms with Crippen LogP contribution in [0.5, 0.6) is 5.75 Å². The highest BCUT2D eigenvalue weighted by Crippen LogP contribution is 2.26. The van der Waals surface area contributed by atoms with Crippen molar-refractivity contribution in [1.29, 1.82) is 0 Å². The maximum absolute atomic E-state index is 13.0. The summed E-state index contributed by atoms with van der Waals surface area (Å²) in [5, 5.41) is 0. The van der Waals surface area contributed by atoms with E-state index in [4.69, 9.17) is 9.47 Å². The van der Waals surface area contributed by atoms with E-state index in [0.717, 1.165) is 38.5 Å². The Morgan fingerprint density at radius 2 is 1.58 bits per heavy atom. The third kappa shape index (κ3) is 10.5. The minimum atomic E-state index is -0.384. The number of halogens is 2. The van der Waals surface area contributed by atoms with Gasteiger partial charge in [0.15, 0.2) is 0 Å². The topological polar surface area (TPSA) is 52.6 Å². The lowest BCUT2D eigenvalue weighted by molar-refractivity contribution is -0.144. The summed E-state index contributed by atoms with van der Waals surface area (Å²) in [6, 6.07) is 3.96. The first-order chi connectivity index (χ1) is 12.4. The van der Waals surface area contributed by atoms with E-state index in [1.54, 1.807) is 0 Å². The highest BCUT2D eigenvalue weighted by atomic mass is 79.9. The Kier molecular flexibility index (Phi) is 11.2. The normalized spacial score (nSPS) is 10.8. The third-order valence-corrected chi connectivity index (χ3v) is 4.33. The highest BCUT2D eigenvalue weighted by molar-refractivity contribution is 9.10. The summed E-state index contributed by atoms with van der Waals surface area (Å²) in [4.78, 5) is 23.2. The number of hydrogen-bond donors (Lipinski definition) is 0. The molecule has 1 aromatic rings. The van der Waals surface area contributed by atoms with Crippen molar-refractivity contribution in [2.24, 2.45) is 5.92 Å². The molecular formula is C20H28BrFO4. The zero-order chi connectivity index (χ0) is 19.4. The molecule has 1 aromatic carbocycles. The Bertz CT molecular complexity index is 575. The number of rotatable bonds is 12. The van der Waals surface area contributed by atoms with Crippen LogP contribution in [0.15, 0.2) is 22.7 Å². The summed E-state index contributed by atoms with van der Waals surface area (Å²) in [5.74, 6) is -0.112. The molecule has 4 nitrogen and oxygen atoms in total. The Labute approximate surface area is 163 Å². The van der Waals surface area contributed by atoms with Crippen LogP contribution in [0.3, 0.4) is 0 Å². The van der Waals surface area contributed by atoms with Crippen molar-refractivity contribution in [3.63, 3.8) is 0 Å². The van der Waals surface area contributed by atoms with Crippen LogP contribution in [0, 0.1) is 11.7 Å². The summed E-state index contributed by atoms with van der Waals surface area (Å²) in [7, 11) is 0. The number of carbonyl (C=O) groups excluding carboxylic acids is 2. The Balaban J connectivity index is 2.01. The molecule has 0 radical (unpaired) electrons. The van der Waals surface area contributed by atoms with Gasteiger partial charge in [-0.3, -0.25) is 9.59 Å². The summed E-state index contributed by atoms with van der Waals surface area (Å²) < 4.78 is 23.7. The average molecular weight is 431 g/mol. The van der Waals surface area contributed by atoms with E-state index in [-0.39, 0.29) is 17.8 Å². The first kappa shape index (κ1) is 22.6. The summed E-state index contributed by atoms with van der Waals surface area (Å²) >= 11 is 3.17. The molecule has 0 aliphatic rings. The fourth-order valence-electron chi connectivity index (χ4n) is 2.31. The van der Waals surface area contributed by atoms with Crippen molar-refractivity contribution in [3.8, 4) is 5.75 Å². The van der Waals surface area contributed by atoms with E-state index < -0.39 is 0 Å². The molecule has 0 atom stereocenters. The molecule has 1 rings (SSSR count). The van der Waals surface area contributed by atoms with Gasteiger partial charge in [-0.25, -0.2) is 4.39 Å². The van der Waals surface area contributed by atoms with Gasteiger partial charge in [0.05, 0.1) is 11.1 Å². The minimum Gasteiger partial charge on any atom is -0.465 e. The Hall–Kier alpha value is -1.43. The first-order valence-electron chi connectivity index (χ1n) is 9.20. The molecule has 26 heavy (non-hydrogen) atoms. The van der Waals surface area contributed by atoms with Crippen molar-refractivity contribution >= 4 is 27.9 Å². The zero-order valence-electron chi connectivity index (χ0n) is 15.6. The maximum Gasteiger partial charge on any atom is 0.311 e. The molecule has 146 valence electrons. The molecule has 0 aromatic heterocycles. The van der Waals surface area contributed by atoms with Crippen LogP contribution < -0.4 is 4.74 Å². The fourth-order valence-corrected chi connectivity index (χ4v) is 2.74. The maximum atomic E-state index is 13.0. The van der Waals surface area contributed by atoms with Crippen LogP contribution in [-0.4, -0.2) is 18.5 Å². The largest absolute Gasteiger partial charge is 0.465 e. The van der Waals surface area contributed by atoms with E-state index in [1.165, 1.54) is 18.2 Å². The van der Waals surface area contributed by atoms with Crippen LogP contribution in [0.1, 0.15) is 65.2 Å². The summed E-state index contributed by atoms with van der Waals surface area (Å²) in [6.45, 7) is 4.52. The van der Waals surface area contributed by atoms with Gasteiger partial charge in [-0.2, -0.15) is 0 Å². The molecule has 0 heterocycles. The molecule has 6 heteroatoms. The molecule has 0 saturated carbocycles. The van der Waals surface area contributed by atoms with Crippen LogP contribution in [0.2, 0.25) is 0 Å². The number of unbranched alkanes of at least 4 members (excludes halogenated alkanes) is 5. The van der Waals surface area contributed by atoms with E-state index in [9.17, 15) is 14.0 Å². The van der Waals surface area contributed by atoms with Crippen molar-refractivity contribution in [1.82, 2.24) is 0 Å². The van der Waals surface area contributed by atoms with Crippen LogP contribution in [0.25, 0.3) is 0 Å². The van der Waals surface area contributed by atoms with E-state index in [1.807, 2.05) is 13.8 Å². The quantitative estimate of drug-likeness (QED) is 0.238. The van der Waals surface area contributed by atoms with Crippen molar-refractivity contribution in [3.05, 3.63) is 28.5 Å². The first-order valence-corrected chi connectivity index (χ1v) is 9.99. The molecule has 0 saturated heterocycles. The SMILES string of the molecule is CC(C)COC(=O)CCCCCCCCC(=O)Oc1ccc(F)cc1Br. The number of esters is 2. The van der Waals surface area contributed by atoms with Crippen molar-refractivity contribution in [2.45, 2.75) is 65.2 Å². The molecule has 0 N–H and O–H groups in total. The lowest BCUT2D eigenvalue weighted by Crippen LogP contribution is -2.09. The molecule has 0 fully saturated rings. The highest BCUT2D eigenvalue weighted by Gasteiger charge is 2.09. The van der Waals surface area contributed by atoms with Gasteiger partial charge in [0.2, 0.25) is 0 Å². The Morgan fingerprint density at radius 3 is 2.15 bits per heavy atom. The second kappa shape index (κ2) is 12.8. The fraction of sp³-hybridized carbons (Fsp3) is 0.600. The molecule has 0 unspecified atom stereocenters. The van der Waals surface area contributed by atoms with Gasteiger partial charge in [0, 0.05) is 12.8 Å². The van der Waals surface area contributed by atoms with Gasteiger partial charge >= 0.3 is 11.9 Å². The van der Waals surface area contributed by atoms with E-state index in [2.05, 4.69) is 15.9 Å². The molecular weight excluding hydrogens is 403 g/mol. The predicted molar refractivity (Wildman–Crippen MR) is 102 cm³/mol. The Morgan fingerprint density at radius 1 is 1.00 bits per heavy atom. The van der Waals surface area contributed by atoms with Gasteiger partial charge in [0.1, 0.15) is 11.6 Å². The molecule has 0 aliphatic carbocycles. The lowest BCUT2D eigenvalue weighted by atomic mass is 10.1.